The summed E-state index contributed by atoms with van der Waals surface area (Å²) < 4.78 is 5.42. The third-order valence-corrected chi connectivity index (χ3v) is 4.84. The molecule has 0 unspecified atom stereocenters. The molecule has 1 aromatic heterocycles. The maximum atomic E-state index is 12.8. The van der Waals surface area contributed by atoms with Crippen molar-refractivity contribution < 1.29 is 9.53 Å². The minimum Gasteiger partial charge on any atom is -0.384 e. The normalized spacial score (nSPS) is 15.6. The number of aryl methyl sites for hydroxylation is 1. The number of pyridine rings is 1. The van der Waals surface area contributed by atoms with E-state index in [9.17, 15) is 4.79 Å². The molecular weight excluding hydrogens is 373 g/mol. The number of hydrogen-bond acceptors (Lipinski definition) is 4. The van der Waals surface area contributed by atoms with Gasteiger partial charge in [0.15, 0.2) is 0 Å². The minimum atomic E-state index is -0.0623. The number of methoxy groups -OCH3 is 1. The molecule has 0 saturated carbocycles. The molecule has 1 saturated heterocycles. The number of halogens is 2. The molecule has 0 atom stereocenters. The van der Waals surface area contributed by atoms with Crippen molar-refractivity contribution in [2.75, 3.05) is 33.4 Å². The molecule has 2 N–H and O–H groups in total. The van der Waals surface area contributed by atoms with Crippen molar-refractivity contribution in [1.29, 1.82) is 0 Å². The van der Waals surface area contributed by atoms with E-state index in [0.717, 1.165) is 42.5 Å². The highest BCUT2D eigenvalue weighted by molar-refractivity contribution is 6.05. The predicted octanol–water partition coefficient (Wildman–Crippen LogP) is 3.13. The second-order valence-electron chi connectivity index (χ2n) is 6.70. The van der Waals surface area contributed by atoms with Crippen LogP contribution in [0.4, 0.5) is 0 Å². The third-order valence-electron chi connectivity index (χ3n) is 4.84. The van der Waals surface area contributed by atoms with Gasteiger partial charge in [-0.3, -0.25) is 9.78 Å². The van der Waals surface area contributed by atoms with E-state index in [1.165, 1.54) is 0 Å². The summed E-state index contributed by atoms with van der Waals surface area (Å²) in [5.74, 6) is -0.0623. The number of carbonyl (C=O) groups is 1. The molecule has 0 radical (unpaired) electrons. The van der Waals surface area contributed by atoms with E-state index >= 15 is 0 Å². The molecule has 1 fully saturated rings. The first-order valence-corrected chi connectivity index (χ1v) is 8.48. The van der Waals surface area contributed by atoms with Gasteiger partial charge in [-0.1, -0.05) is 18.2 Å². The molecule has 1 aliphatic heterocycles. The third kappa shape index (κ3) is 5.07. The van der Waals surface area contributed by atoms with Crippen molar-refractivity contribution in [1.82, 2.24) is 15.6 Å². The van der Waals surface area contributed by atoms with Gasteiger partial charge in [0.25, 0.3) is 5.91 Å². The topological polar surface area (TPSA) is 63.2 Å². The van der Waals surface area contributed by atoms with Crippen molar-refractivity contribution in [3.05, 3.63) is 41.6 Å². The fraction of sp³-hybridized carbons (Fsp3) is 0.474. The first kappa shape index (κ1) is 22.6. The predicted molar refractivity (Wildman–Crippen MR) is 110 cm³/mol. The highest BCUT2D eigenvalue weighted by Gasteiger charge is 2.32. The number of hydrogen-bond donors (Lipinski definition) is 2. The Morgan fingerprint density at radius 3 is 2.65 bits per heavy atom. The summed E-state index contributed by atoms with van der Waals surface area (Å²) in [5, 5.41) is 7.48. The molecule has 0 spiro atoms. The number of para-hydroxylation sites is 1. The monoisotopic (exact) mass is 399 g/mol. The van der Waals surface area contributed by atoms with Crippen LogP contribution in [0.1, 0.15) is 28.9 Å². The van der Waals surface area contributed by atoms with Gasteiger partial charge in [0.1, 0.15) is 0 Å². The van der Waals surface area contributed by atoms with Gasteiger partial charge >= 0.3 is 0 Å². The maximum Gasteiger partial charge on any atom is 0.253 e. The lowest BCUT2D eigenvalue weighted by Crippen LogP contribution is -2.47. The van der Waals surface area contributed by atoms with E-state index in [4.69, 9.17) is 4.74 Å². The molecule has 3 rings (SSSR count). The van der Waals surface area contributed by atoms with Gasteiger partial charge in [0.2, 0.25) is 0 Å². The first-order chi connectivity index (χ1) is 11.6. The molecular formula is C19H27Cl2N3O2. The molecule has 1 amide bonds. The fourth-order valence-corrected chi connectivity index (χ4v) is 3.43. The maximum absolute atomic E-state index is 12.8. The number of nitrogens with one attached hydrogen (secondary N) is 2. The Labute approximate surface area is 167 Å². The number of piperidine rings is 1. The zero-order valence-electron chi connectivity index (χ0n) is 15.2. The number of fused-ring (bicyclic) bond motifs is 1. The van der Waals surface area contributed by atoms with Crippen molar-refractivity contribution >= 4 is 41.6 Å². The molecule has 26 heavy (non-hydrogen) atoms. The van der Waals surface area contributed by atoms with Gasteiger partial charge in [-0.25, -0.2) is 0 Å². The van der Waals surface area contributed by atoms with Gasteiger partial charge in [-0.05, 0) is 45.0 Å². The lowest BCUT2D eigenvalue weighted by molar-refractivity contribution is 0.0512. The summed E-state index contributed by atoms with van der Waals surface area (Å²) in [5.41, 5.74) is 2.33. The van der Waals surface area contributed by atoms with Crippen LogP contribution in [-0.2, 0) is 4.74 Å². The highest BCUT2D eigenvalue weighted by atomic mass is 35.5. The van der Waals surface area contributed by atoms with Crippen LogP contribution in [0.3, 0.4) is 0 Å². The van der Waals surface area contributed by atoms with E-state index in [2.05, 4.69) is 15.6 Å². The van der Waals surface area contributed by atoms with Crippen LogP contribution < -0.4 is 10.6 Å². The average molecular weight is 400 g/mol. The van der Waals surface area contributed by atoms with Crippen LogP contribution in [0.2, 0.25) is 0 Å². The van der Waals surface area contributed by atoms with Crippen LogP contribution in [0, 0.1) is 12.3 Å². The van der Waals surface area contributed by atoms with Crippen LogP contribution in [-0.4, -0.2) is 44.2 Å². The summed E-state index contributed by atoms with van der Waals surface area (Å²) >= 11 is 0. The molecule has 1 aromatic carbocycles. The van der Waals surface area contributed by atoms with Crippen LogP contribution in [0.5, 0.6) is 0 Å². The summed E-state index contributed by atoms with van der Waals surface area (Å²) in [6, 6.07) is 9.71. The van der Waals surface area contributed by atoms with Crippen molar-refractivity contribution in [2.24, 2.45) is 5.41 Å². The van der Waals surface area contributed by atoms with E-state index < -0.39 is 0 Å². The summed E-state index contributed by atoms with van der Waals surface area (Å²) in [6.45, 7) is 5.17. The van der Waals surface area contributed by atoms with E-state index in [0.29, 0.717) is 18.7 Å². The van der Waals surface area contributed by atoms with Crippen LogP contribution >= 0.6 is 24.8 Å². The molecule has 144 valence electrons. The van der Waals surface area contributed by atoms with Crippen molar-refractivity contribution in [3.8, 4) is 0 Å². The quantitative estimate of drug-likeness (QED) is 0.810. The molecule has 0 aliphatic carbocycles. The zero-order chi connectivity index (χ0) is 17.0. The highest BCUT2D eigenvalue weighted by Crippen LogP contribution is 2.28. The lowest BCUT2D eigenvalue weighted by Gasteiger charge is -2.37. The Balaban J connectivity index is 0.00000169. The van der Waals surface area contributed by atoms with E-state index in [1.54, 1.807) is 7.11 Å². The number of amides is 1. The Hall–Kier alpha value is -1.40. The van der Waals surface area contributed by atoms with Gasteiger partial charge in [-0.2, -0.15) is 0 Å². The molecule has 2 heterocycles. The molecule has 5 nitrogen and oxygen atoms in total. The van der Waals surface area contributed by atoms with Crippen LogP contribution in [0.25, 0.3) is 10.9 Å². The number of rotatable bonds is 5. The largest absolute Gasteiger partial charge is 0.384 e. The Morgan fingerprint density at radius 1 is 1.23 bits per heavy atom. The summed E-state index contributed by atoms with van der Waals surface area (Å²) in [7, 11) is 1.73. The SMILES string of the molecule is COCC1(CNC(=O)c2cccc3ccc(C)nc23)CCNCC1.Cl.Cl. The zero-order valence-corrected chi connectivity index (χ0v) is 16.8. The molecule has 7 heteroatoms. The van der Waals surface area contributed by atoms with Gasteiger partial charge < -0.3 is 15.4 Å². The number of nitrogens with zero attached hydrogens (tertiary/aromatic N) is 1. The Kier molecular flexibility index (Phi) is 8.77. The van der Waals surface area contributed by atoms with Crippen molar-refractivity contribution in [2.45, 2.75) is 19.8 Å². The average Bonchev–Trinajstić information content (AvgIpc) is 2.60. The fourth-order valence-electron chi connectivity index (χ4n) is 3.43. The second kappa shape index (κ2) is 10.1. The van der Waals surface area contributed by atoms with E-state index in [1.807, 2.05) is 37.3 Å². The number of carbonyl (C=O) groups excluding carboxylic acids is 1. The Bertz CT molecular complexity index is 728. The van der Waals surface area contributed by atoms with Crippen molar-refractivity contribution in [3.63, 3.8) is 0 Å². The molecule has 2 aromatic rings. The summed E-state index contributed by atoms with van der Waals surface area (Å²) in [6.07, 6.45) is 2.02. The molecule has 0 bridgehead atoms. The lowest BCUT2D eigenvalue weighted by atomic mass is 9.79. The van der Waals surface area contributed by atoms with E-state index in [-0.39, 0.29) is 36.1 Å². The standard InChI is InChI=1S/C19H25N3O2.2ClH/c1-14-6-7-15-4-3-5-16(17(15)22-14)18(23)21-12-19(13-24-2)8-10-20-11-9-19;;/h3-7,20H,8-13H2,1-2H3,(H,21,23);2*1H. The first-order valence-electron chi connectivity index (χ1n) is 8.48. The second-order valence-corrected chi connectivity index (χ2v) is 6.70. The number of benzene rings is 1. The Morgan fingerprint density at radius 2 is 1.96 bits per heavy atom. The summed E-state index contributed by atoms with van der Waals surface area (Å²) in [4.78, 5) is 17.3. The number of ether oxygens (including phenoxy) is 1. The van der Waals surface area contributed by atoms with Crippen LogP contribution in [0.15, 0.2) is 30.3 Å². The molecule has 1 aliphatic rings. The van der Waals surface area contributed by atoms with Gasteiger partial charge in [0.05, 0.1) is 17.7 Å². The minimum absolute atomic E-state index is 0. The number of aromatic nitrogens is 1. The smallest absolute Gasteiger partial charge is 0.253 e. The van der Waals surface area contributed by atoms with Gasteiger partial charge in [-0.15, -0.1) is 24.8 Å². The van der Waals surface area contributed by atoms with Gasteiger partial charge in [0, 0.05) is 30.1 Å².